The van der Waals surface area contributed by atoms with Crippen LogP contribution in [0, 0.1) is 43.4 Å². The summed E-state index contributed by atoms with van der Waals surface area (Å²) in [7, 11) is 2.29. The van der Waals surface area contributed by atoms with E-state index in [1.54, 1.807) is 0 Å². The Kier molecular flexibility index (Phi) is 10.6. The third-order valence-electron chi connectivity index (χ3n) is 11.1. The molecule has 0 aromatic carbocycles. The monoisotopic (exact) mass is 570 g/mol. The summed E-state index contributed by atoms with van der Waals surface area (Å²) in [6, 6.07) is 2.90. The molecule has 41 heavy (non-hydrogen) atoms. The topological polar surface area (TPSA) is 86.9 Å². The van der Waals surface area contributed by atoms with Crippen molar-refractivity contribution in [3.63, 3.8) is 0 Å². The Balaban J connectivity index is 1.26. The molecule has 3 heterocycles. The van der Waals surface area contributed by atoms with Gasteiger partial charge < -0.3 is 19.8 Å². The highest BCUT2D eigenvalue weighted by molar-refractivity contribution is 5.79. The average Bonchev–Trinajstić information content (AvgIpc) is 2.97. The molecule has 2 saturated heterocycles. The summed E-state index contributed by atoms with van der Waals surface area (Å²) >= 11 is 0. The van der Waals surface area contributed by atoms with Crippen LogP contribution in [0.5, 0.6) is 0 Å². The van der Waals surface area contributed by atoms with Gasteiger partial charge in [0, 0.05) is 68.7 Å². The molecule has 1 amide bonds. The van der Waals surface area contributed by atoms with Gasteiger partial charge in [-0.3, -0.25) is 19.4 Å². The second-order valence-corrected chi connectivity index (χ2v) is 13.6. The van der Waals surface area contributed by atoms with Gasteiger partial charge in [0.2, 0.25) is 5.91 Å². The molecule has 4 fully saturated rings. The van der Waals surface area contributed by atoms with Crippen molar-refractivity contribution in [2.24, 2.45) is 29.6 Å². The van der Waals surface area contributed by atoms with Gasteiger partial charge in [-0.15, -0.1) is 0 Å². The van der Waals surface area contributed by atoms with Gasteiger partial charge in [-0.25, -0.2) is 0 Å². The molecule has 0 spiro atoms. The van der Waals surface area contributed by atoms with Crippen molar-refractivity contribution in [1.29, 1.82) is 0 Å². The lowest BCUT2D eigenvalue weighted by Crippen LogP contribution is -2.54. The largest absolute Gasteiger partial charge is 0.381 e. The maximum Gasteiger partial charge on any atom is 0.253 e. The van der Waals surface area contributed by atoms with E-state index in [9.17, 15) is 9.59 Å². The highest BCUT2D eigenvalue weighted by Crippen LogP contribution is 2.45. The van der Waals surface area contributed by atoms with Gasteiger partial charge in [0.05, 0.1) is 13.2 Å². The number of hydrogen-bond acceptors (Lipinski definition) is 6. The van der Waals surface area contributed by atoms with Crippen LogP contribution in [0.3, 0.4) is 0 Å². The van der Waals surface area contributed by atoms with Gasteiger partial charge in [-0.05, 0) is 108 Å². The number of aromatic amines is 1. The summed E-state index contributed by atoms with van der Waals surface area (Å²) in [5, 5.41) is 3.20. The number of hydrogen-bond donors (Lipinski definition) is 2. The lowest BCUT2D eigenvalue weighted by molar-refractivity contribution is -0.131. The van der Waals surface area contributed by atoms with Gasteiger partial charge >= 0.3 is 0 Å². The molecule has 0 bridgehead atoms. The molecule has 2 aliphatic heterocycles. The van der Waals surface area contributed by atoms with Crippen LogP contribution in [-0.4, -0.2) is 85.9 Å². The zero-order chi connectivity index (χ0) is 28.9. The Hall–Kier alpha value is -1.74. The maximum atomic E-state index is 13.8. The third-order valence-corrected chi connectivity index (χ3v) is 11.1. The normalized spacial score (nSPS) is 32.2. The van der Waals surface area contributed by atoms with E-state index in [0.717, 1.165) is 76.0 Å². The van der Waals surface area contributed by atoms with E-state index in [1.807, 2.05) is 19.9 Å². The second-order valence-electron chi connectivity index (χ2n) is 13.6. The van der Waals surface area contributed by atoms with Crippen LogP contribution in [0.25, 0.3) is 0 Å². The summed E-state index contributed by atoms with van der Waals surface area (Å²) in [6.07, 6.45) is 9.48. The predicted molar refractivity (Wildman–Crippen MR) is 162 cm³/mol. The predicted octanol–water partition coefficient (Wildman–Crippen LogP) is 3.89. The Morgan fingerprint density at radius 1 is 1.00 bits per heavy atom. The Morgan fingerprint density at radius 2 is 1.68 bits per heavy atom. The lowest BCUT2D eigenvalue weighted by Gasteiger charge is -2.49. The molecule has 4 aliphatic rings. The van der Waals surface area contributed by atoms with E-state index >= 15 is 0 Å². The van der Waals surface area contributed by atoms with Gasteiger partial charge in [0.25, 0.3) is 5.56 Å². The minimum absolute atomic E-state index is 0.0306. The Morgan fingerprint density at radius 3 is 2.37 bits per heavy atom. The van der Waals surface area contributed by atoms with E-state index in [0.29, 0.717) is 36.0 Å². The lowest BCUT2D eigenvalue weighted by atomic mass is 9.63. The number of carbonyl (C=O) groups excluding carboxylic acids is 1. The minimum Gasteiger partial charge on any atom is -0.381 e. The Labute approximate surface area is 246 Å². The third kappa shape index (κ3) is 7.62. The second kappa shape index (κ2) is 14.2. The number of carbonyl (C=O) groups is 1. The summed E-state index contributed by atoms with van der Waals surface area (Å²) < 4.78 is 11.2. The SMILES string of the molecule is Cc1cc(C)c(CNC(=O)C2CC(C3CCC(CN4CCOCC4)CC3)CC(N(C)C3CCOCC3)C2C)c(=O)[nH]1. The first-order chi connectivity index (χ1) is 19.8. The van der Waals surface area contributed by atoms with Crippen LogP contribution in [0.4, 0.5) is 0 Å². The number of aryl methyl sites for hydroxylation is 2. The van der Waals surface area contributed by atoms with E-state index in [2.05, 4.69) is 34.1 Å². The van der Waals surface area contributed by atoms with Crippen LogP contribution in [0.15, 0.2) is 10.9 Å². The quantitative estimate of drug-likeness (QED) is 0.493. The minimum atomic E-state index is -0.0941. The molecule has 0 radical (unpaired) electrons. The van der Waals surface area contributed by atoms with E-state index < -0.39 is 0 Å². The molecular weight excluding hydrogens is 516 g/mol. The molecule has 2 N–H and O–H groups in total. The number of aromatic nitrogens is 1. The molecule has 2 saturated carbocycles. The summed E-state index contributed by atoms with van der Waals surface area (Å²) in [4.78, 5) is 34.5. The van der Waals surface area contributed by atoms with Crippen LogP contribution in [0.1, 0.15) is 75.1 Å². The molecule has 230 valence electrons. The molecular formula is C33H54N4O4. The summed E-state index contributed by atoms with van der Waals surface area (Å²) in [5.41, 5.74) is 2.36. The fourth-order valence-corrected chi connectivity index (χ4v) is 8.46. The zero-order valence-corrected chi connectivity index (χ0v) is 26.0. The average molecular weight is 571 g/mol. The fourth-order valence-electron chi connectivity index (χ4n) is 8.46. The van der Waals surface area contributed by atoms with Crippen molar-refractivity contribution >= 4 is 5.91 Å². The number of H-pyrrole nitrogens is 1. The highest BCUT2D eigenvalue weighted by Gasteiger charge is 2.44. The molecule has 4 unspecified atom stereocenters. The van der Waals surface area contributed by atoms with Crippen molar-refractivity contribution < 1.29 is 14.3 Å². The maximum absolute atomic E-state index is 13.8. The van der Waals surface area contributed by atoms with Crippen molar-refractivity contribution in [2.45, 2.75) is 90.8 Å². The van der Waals surface area contributed by atoms with Gasteiger partial charge in [0.15, 0.2) is 0 Å². The molecule has 1 aromatic rings. The fraction of sp³-hybridized carbons (Fsp3) is 0.818. The Bertz CT molecular complexity index is 1060. The first-order valence-corrected chi connectivity index (χ1v) is 16.4. The number of amides is 1. The molecule has 5 rings (SSSR count). The first-order valence-electron chi connectivity index (χ1n) is 16.4. The van der Waals surface area contributed by atoms with Crippen LogP contribution < -0.4 is 10.9 Å². The van der Waals surface area contributed by atoms with Gasteiger partial charge in [0.1, 0.15) is 0 Å². The van der Waals surface area contributed by atoms with Gasteiger partial charge in [-0.2, -0.15) is 0 Å². The van der Waals surface area contributed by atoms with Crippen LogP contribution in [-0.2, 0) is 20.8 Å². The summed E-state index contributed by atoms with van der Waals surface area (Å²) in [5.74, 6) is 2.43. The molecule has 8 heteroatoms. The number of rotatable bonds is 8. The van der Waals surface area contributed by atoms with E-state index in [4.69, 9.17) is 9.47 Å². The molecule has 8 nitrogen and oxygen atoms in total. The smallest absolute Gasteiger partial charge is 0.253 e. The number of ether oxygens (including phenoxy) is 2. The number of pyridine rings is 1. The van der Waals surface area contributed by atoms with Crippen molar-refractivity contribution in [2.75, 3.05) is 53.1 Å². The first kappa shape index (κ1) is 30.7. The molecule has 4 atom stereocenters. The highest BCUT2D eigenvalue weighted by atomic mass is 16.5. The number of nitrogens with zero attached hydrogens (tertiary/aromatic N) is 2. The van der Waals surface area contributed by atoms with Crippen molar-refractivity contribution in [3.05, 3.63) is 33.2 Å². The van der Waals surface area contributed by atoms with Crippen molar-refractivity contribution in [1.82, 2.24) is 20.1 Å². The number of morpholine rings is 1. The molecule has 2 aliphatic carbocycles. The zero-order valence-electron chi connectivity index (χ0n) is 26.0. The molecule has 1 aromatic heterocycles. The van der Waals surface area contributed by atoms with Gasteiger partial charge in [-0.1, -0.05) is 6.92 Å². The van der Waals surface area contributed by atoms with E-state index in [1.165, 1.54) is 38.6 Å². The van der Waals surface area contributed by atoms with Crippen molar-refractivity contribution in [3.8, 4) is 0 Å². The van der Waals surface area contributed by atoms with E-state index in [-0.39, 0.29) is 23.3 Å². The van der Waals surface area contributed by atoms with Crippen LogP contribution >= 0.6 is 0 Å². The summed E-state index contributed by atoms with van der Waals surface area (Å²) in [6.45, 7) is 13.2. The number of nitrogens with one attached hydrogen (secondary N) is 2. The standard InChI is InChI=1S/C33H54N4O4/c1-22-17-23(2)35-33(39)30(22)20-34-32(38)29-18-27(19-31(24(29)3)36(4)28-9-13-40-14-10-28)26-7-5-25(6-8-26)21-37-11-15-41-16-12-37/h17,24-29,31H,5-16,18-21H2,1-4H3,(H,34,38)(H,35,39). The van der Waals surface area contributed by atoms with Crippen LogP contribution in [0.2, 0.25) is 0 Å².